The standard InChI is InChI=1S/C11H23N/c1-3-6-10(2)9-11-7-4-5-8-12-11/h10-12H,3-9H2,1-2H3. The van der Waals surface area contributed by atoms with Crippen molar-refractivity contribution < 1.29 is 0 Å². The molecule has 2 unspecified atom stereocenters. The highest BCUT2D eigenvalue weighted by Gasteiger charge is 2.14. The Labute approximate surface area is 76.9 Å². The Bertz CT molecular complexity index is 106. The van der Waals surface area contributed by atoms with Gasteiger partial charge < -0.3 is 5.32 Å². The van der Waals surface area contributed by atoms with Crippen LogP contribution in [0.2, 0.25) is 0 Å². The van der Waals surface area contributed by atoms with Crippen LogP contribution < -0.4 is 5.32 Å². The molecule has 1 heterocycles. The molecule has 0 bridgehead atoms. The van der Waals surface area contributed by atoms with Crippen LogP contribution in [0.3, 0.4) is 0 Å². The molecule has 1 fully saturated rings. The van der Waals surface area contributed by atoms with Gasteiger partial charge in [0.05, 0.1) is 0 Å². The van der Waals surface area contributed by atoms with E-state index >= 15 is 0 Å². The summed E-state index contributed by atoms with van der Waals surface area (Å²) in [4.78, 5) is 0. The summed E-state index contributed by atoms with van der Waals surface area (Å²) in [6.45, 7) is 5.92. The molecule has 0 aromatic carbocycles. The van der Waals surface area contributed by atoms with Crippen molar-refractivity contribution in [2.24, 2.45) is 5.92 Å². The van der Waals surface area contributed by atoms with Crippen LogP contribution >= 0.6 is 0 Å². The van der Waals surface area contributed by atoms with Crippen molar-refractivity contribution in [3.05, 3.63) is 0 Å². The molecule has 0 aliphatic carbocycles. The van der Waals surface area contributed by atoms with Crippen molar-refractivity contribution in [2.75, 3.05) is 6.54 Å². The van der Waals surface area contributed by atoms with Crippen molar-refractivity contribution in [3.63, 3.8) is 0 Å². The first-order valence-electron chi connectivity index (χ1n) is 5.56. The van der Waals surface area contributed by atoms with Crippen LogP contribution in [0.15, 0.2) is 0 Å². The van der Waals surface area contributed by atoms with E-state index in [-0.39, 0.29) is 0 Å². The van der Waals surface area contributed by atoms with Crippen LogP contribution in [0.5, 0.6) is 0 Å². The minimum absolute atomic E-state index is 0.834. The highest BCUT2D eigenvalue weighted by molar-refractivity contribution is 4.73. The van der Waals surface area contributed by atoms with Gasteiger partial charge >= 0.3 is 0 Å². The van der Waals surface area contributed by atoms with E-state index in [1.165, 1.54) is 45.1 Å². The maximum Gasteiger partial charge on any atom is 0.00696 e. The first-order valence-corrected chi connectivity index (χ1v) is 5.56. The van der Waals surface area contributed by atoms with Gasteiger partial charge in [0.25, 0.3) is 0 Å². The van der Waals surface area contributed by atoms with E-state index in [1.54, 1.807) is 0 Å². The zero-order valence-electron chi connectivity index (χ0n) is 8.60. The Hall–Kier alpha value is -0.0400. The Morgan fingerprint density at radius 1 is 1.42 bits per heavy atom. The number of piperidine rings is 1. The minimum atomic E-state index is 0.834. The summed E-state index contributed by atoms with van der Waals surface area (Å²) in [5, 5.41) is 3.61. The van der Waals surface area contributed by atoms with Gasteiger partial charge in [-0.3, -0.25) is 0 Å². The van der Waals surface area contributed by atoms with Gasteiger partial charge in [0.15, 0.2) is 0 Å². The molecule has 1 N–H and O–H groups in total. The molecule has 0 amide bonds. The molecule has 0 spiro atoms. The van der Waals surface area contributed by atoms with Crippen molar-refractivity contribution in [1.29, 1.82) is 0 Å². The van der Waals surface area contributed by atoms with Crippen molar-refractivity contribution in [3.8, 4) is 0 Å². The lowest BCUT2D eigenvalue weighted by Crippen LogP contribution is -2.35. The molecular weight excluding hydrogens is 146 g/mol. The quantitative estimate of drug-likeness (QED) is 0.682. The van der Waals surface area contributed by atoms with E-state index in [2.05, 4.69) is 19.2 Å². The molecule has 0 radical (unpaired) electrons. The zero-order valence-corrected chi connectivity index (χ0v) is 8.60. The predicted molar refractivity (Wildman–Crippen MR) is 54.3 cm³/mol. The van der Waals surface area contributed by atoms with Gasteiger partial charge in [0.2, 0.25) is 0 Å². The maximum absolute atomic E-state index is 3.61. The average molecular weight is 169 g/mol. The third-order valence-corrected chi connectivity index (χ3v) is 2.88. The summed E-state index contributed by atoms with van der Waals surface area (Å²) in [6.07, 6.45) is 8.38. The van der Waals surface area contributed by atoms with E-state index in [0.717, 1.165) is 12.0 Å². The lowest BCUT2D eigenvalue weighted by Gasteiger charge is -2.25. The minimum Gasteiger partial charge on any atom is -0.314 e. The largest absolute Gasteiger partial charge is 0.314 e. The van der Waals surface area contributed by atoms with E-state index < -0.39 is 0 Å². The Kier molecular flexibility index (Phi) is 4.67. The fourth-order valence-corrected chi connectivity index (χ4v) is 2.22. The molecule has 1 saturated heterocycles. The molecule has 1 aliphatic heterocycles. The fraction of sp³-hybridized carbons (Fsp3) is 1.00. The molecule has 0 aromatic rings. The molecule has 1 rings (SSSR count). The first kappa shape index (κ1) is 10.0. The van der Waals surface area contributed by atoms with Crippen molar-refractivity contribution in [1.82, 2.24) is 5.32 Å². The second kappa shape index (κ2) is 5.58. The Morgan fingerprint density at radius 3 is 2.83 bits per heavy atom. The predicted octanol–water partition coefficient (Wildman–Crippen LogP) is 2.95. The van der Waals surface area contributed by atoms with E-state index in [4.69, 9.17) is 0 Å². The van der Waals surface area contributed by atoms with Gasteiger partial charge in [0, 0.05) is 6.04 Å². The van der Waals surface area contributed by atoms with Gasteiger partial charge in [-0.2, -0.15) is 0 Å². The van der Waals surface area contributed by atoms with Crippen LogP contribution in [0.4, 0.5) is 0 Å². The molecule has 0 aromatic heterocycles. The molecule has 1 heteroatoms. The van der Waals surface area contributed by atoms with Crippen LogP contribution in [-0.2, 0) is 0 Å². The zero-order chi connectivity index (χ0) is 8.81. The van der Waals surface area contributed by atoms with Gasteiger partial charge in [-0.05, 0) is 31.7 Å². The van der Waals surface area contributed by atoms with Crippen LogP contribution in [-0.4, -0.2) is 12.6 Å². The summed E-state index contributed by atoms with van der Waals surface area (Å²) in [5.74, 6) is 0.922. The van der Waals surface area contributed by atoms with E-state index in [0.29, 0.717) is 0 Å². The SMILES string of the molecule is CCCC(C)CC1CCCCN1. The van der Waals surface area contributed by atoms with E-state index in [9.17, 15) is 0 Å². The van der Waals surface area contributed by atoms with Crippen molar-refractivity contribution >= 4 is 0 Å². The molecule has 1 nitrogen and oxygen atoms in total. The second-order valence-electron chi connectivity index (χ2n) is 4.28. The van der Waals surface area contributed by atoms with Crippen LogP contribution in [0.25, 0.3) is 0 Å². The van der Waals surface area contributed by atoms with Crippen LogP contribution in [0, 0.1) is 5.92 Å². The maximum atomic E-state index is 3.61. The summed E-state index contributed by atoms with van der Waals surface area (Å²) in [5.41, 5.74) is 0. The van der Waals surface area contributed by atoms with E-state index in [1.807, 2.05) is 0 Å². The molecule has 2 atom stereocenters. The summed E-state index contributed by atoms with van der Waals surface area (Å²) < 4.78 is 0. The molecule has 72 valence electrons. The number of hydrogen-bond donors (Lipinski definition) is 1. The topological polar surface area (TPSA) is 12.0 Å². The normalized spacial score (nSPS) is 27.0. The average Bonchev–Trinajstić information content (AvgIpc) is 2.06. The molecule has 12 heavy (non-hydrogen) atoms. The highest BCUT2D eigenvalue weighted by Crippen LogP contribution is 2.18. The summed E-state index contributed by atoms with van der Waals surface area (Å²) in [6, 6.07) is 0.834. The second-order valence-corrected chi connectivity index (χ2v) is 4.28. The fourth-order valence-electron chi connectivity index (χ4n) is 2.22. The van der Waals surface area contributed by atoms with Gasteiger partial charge in [-0.15, -0.1) is 0 Å². The lowest BCUT2D eigenvalue weighted by molar-refractivity contribution is 0.328. The number of nitrogens with one attached hydrogen (secondary N) is 1. The number of hydrogen-bond acceptors (Lipinski definition) is 1. The number of rotatable bonds is 4. The molecule has 0 saturated carbocycles. The third-order valence-electron chi connectivity index (χ3n) is 2.88. The Balaban J connectivity index is 2.11. The monoisotopic (exact) mass is 169 g/mol. The van der Waals surface area contributed by atoms with Gasteiger partial charge in [0.1, 0.15) is 0 Å². The van der Waals surface area contributed by atoms with Crippen molar-refractivity contribution in [2.45, 2.75) is 58.4 Å². The highest BCUT2D eigenvalue weighted by atomic mass is 14.9. The summed E-state index contributed by atoms with van der Waals surface area (Å²) >= 11 is 0. The van der Waals surface area contributed by atoms with Gasteiger partial charge in [-0.1, -0.05) is 33.1 Å². The Morgan fingerprint density at radius 2 is 2.25 bits per heavy atom. The van der Waals surface area contributed by atoms with Gasteiger partial charge in [-0.25, -0.2) is 0 Å². The third kappa shape index (κ3) is 3.57. The summed E-state index contributed by atoms with van der Waals surface area (Å²) in [7, 11) is 0. The molecule has 1 aliphatic rings. The lowest BCUT2D eigenvalue weighted by atomic mass is 9.92. The first-order chi connectivity index (χ1) is 5.83. The van der Waals surface area contributed by atoms with Crippen LogP contribution in [0.1, 0.15) is 52.4 Å². The molecular formula is C11H23N. The smallest absolute Gasteiger partial charge is 0.00696 e.